The lowest BCUT2D eigenvalue weighted by atomic mass is 10.1. The van der Waals surface area contributed by atoms with Gasteiger partial charge in [0.15, 0.2) is 0 Å². The molecule has 0 N–H and O–H groups in total. The van der Waals surface area contributed by atoms with Gasteiger partial charge in [0.25, 0.3) is 0 Å². The van der Waals surface area contributed by atoms with Crippen LogP contribution >= 0.6 is 15.9 Å². The molecule has 0 fully saturated rings. The minimum Gasteiger partial charge on any atom is -0.0876 e. The summed E-state index contributed by atoms with van der Waals surface area (Å²) < 4.78 is 0. The molecular weight excluding hydrogens is 176 g/mol. The van der Waals surface area contributed by atoms with Crippen molar-refractivity contribution in [2.75, 3.05) is 0 Å². The summed E-state index contributed by atoms with van der Waals surface area (Å²) in [7, 11) is 0. The Hall–Kier alpha value is 0.480. The molecule has 0 aromatic rings. The van der Waals surface area contributed by atoms with Gasteiger partial charge >= 0.3 is 0 Å². The summed E-state index contributed by atoms with van der Waals surface area (Å²) >= 11 is 3.34. The fourth-order valence-electron chi connectivity index (χ4n) is 0.779. The summed E-state index contributed by atoms with van der Waals surface area (Å²) in [6, 6.07) is 0. The lowest BCUT2D eigenvalue weighted by molar-refractivity contribution is 0.569. The Bertz CT molecular complexity index is 52.5. The highest BCUT2D eigenvalue weighted by Crippen LogP contribution is 2.14. The van der Waals surface area contributed by atoms with Gasteiger partial charge in [0, 0.05) is 5.33 Å². The second kappa shape index (κ2) is 6.60. The van der Waals surface area contributed by atoms with E-state index in [1.54, 1.807) is 0 Å². The Labute approximate surface area is 67.2 Å². The monoisotopic (exact) mass is 191 g/mol. The molecule has 0 bridgehead atoms. The van der Waals surface area contributed by atoms with Gasteiger partial charge in [0.2, 0.25) is 0 Å². The van der Waals surface area contributed by atoms with E-state index in [1.165, 1.54) is 25.7 Å². The number of hydrogen-bond donors (Lipinski definition) is 0. The van der Waals surface area contributed by atoms with E-state index in [9.17, 15) is 0 Å². The third-order valence-electron chi connectivity index (χ3n) is 1.48. The van der Waals surface area contributed by atoms with Gasteiger partial charge in [-0.3, -0.25) is 0 Å². The van der Waals surface area contributed by atoms with Gasteiger partial charge in [0.05, 0.1) is 0 Å². The van der Waals surface area contributed by atoms with Gasteiger partial charge in [-0.25, -0.2) is 0 Å². The molecule has 0 aliphatic heterocycles. The molecule has 0 aliphatic rings. The van der Waals surface area contributed by atoms with E-state index in [-0.39, 0.29) is 0 Å². The highest BCUT2D eigenvalue weighted by Gasteiger charge is 1.97. The van der Waals surface area contributed by atoms with Crippen molar-refractivity contribution in [2.45, 2.75) is 39.5 Å². The van der Waals surface area contributed by atoms with Gasteiger partial charge in [-0.15, -0.1) is 0 Å². The Morgan fingerprint density at radius 1 is 1.44 bits per heavy atom. The van der Waals surface area contributed by atoms with Gasteiger partial charge in [0.1, 0.15) is 0 Å². The summed E-state index contributed by atoms with van der Waals surface area (Å²) in [6.45, 7) is 4.48. The first-order chi connectivity index (χ1) is 4.31. The van der Waals surface area contributed by atoms with E-state index in [0.29, 0.717) is 0 Å². The summed E-state index contributed by atoms with van der Waals surface area (Å²) in [5, 5.41) is 2.10. The van der Waals surface area contributed by atoms with Crippen LogP contribution in [-0.2, 0) is 0 Å². The normalized spacial score (nSPS) is 13.7. The highest BCUT2D eigenvalue weighted by molar-refractivity contribution is 9.10. The smallest absolute Gasteiger partial charge is 0.0299 e. The molecule has 0 aromatic heterocycles. The lowest BCUT2D eigenvalue weighted by Crippen LogP contribution is -1.89. The fourth-order valence-corrected chi connectivity index (χ4v) is 1.04. The van der Waals surface area contributed by atoms with Crippen molar-refractivity contribution >= 4 is 15.9 Å². The van der Waals surface area contributed by atoms with Crippen LogP contribution < -0.4 is 0 Å². The zero-order chi connectivity index (χ0) is 7.11. The predicted molar refractivity (Wildman–Crippen MR) is 46.5 cm³/mol. The number of hydrogen-bond acceptors (Lipinski definition) is 0. The minimum absolute atomic E-state index is 0.747. The van der Waals surface area contributed by atoms with Crippen molar-refractivity contribution in [3.8, 4) is 0 Å². The van der Waals surface area contributed by atoms with Crippen LogP contribution in [0.2, 0.25) is 0 Å². The second-order valence-corrected chi connectivity index (χ2v) is 3.13. The van der Waals surface area contributed by atoms with Crippen LogP contribution in [-0.4, -0.2) is 0 Å². The van der Waals surface area contributed by atoms with E-state index >= 15 is 0 Å². The Kier molecular flexibility index (Phi) is 6.95. The summed E-state index contributed by atoms with van der Waals surface area (Å²) in [5.41, 5.74) is 0. The number of halogens is 1. The van der Waals surface area contributed by atoms with Crippen LogP contribution in [0.4, 0.5) is 0 Å². The molecule has 1 atom stereocenters. The van der Waals surface area contributed by atoms with E-state index in [2.05, 4.69) is 35.1 Å². The van der Waals surface area contributed by atoms with Gasteiger partial charge in [-0.1, -0.05) is 49.0 Å². The molecule has 0 spiro atoms. The van der Waals surface area contributed by atoms with Crippen molar-refractivity contribution in [1.29, 1.82) is 0 Å². The molecule has 0 heterocycles. The quantitative estimate of drug-likeness (QED) is 0.581. The van der Waals surface area contributed by atoms with E-state index in [4.69, 9.17) is 0 Å². The van der Waals surface area contributed by atoms with Crippen molar-refractivity contribution < 1.29 is 0 Å². The maximum absolute atomic E-state index is 3.34. The molecule has 0 saturated carbocycles. The van der Waals surface area contributed by atoms with Crippen molar-refractivity contribution in [1.82, 2.24) is 0 Å². The predicted octanol–water partition coefficient (Wildman–Crippen LogP) is 3.76. The van der Waals surface area contributed by atoms with Crippen LogP contribution in [0, 0.1) is 11.2 Å². The Balaban J connectivity index is 2.88. The number of rotatable bonds is 5. The maximum atomic E-state index is 3.34. The Morgan fingerprint density at radius 2 is 2.11 bits per heavy atom. The second-order valence-electron chi connectivity index (χ2n) is 2.60. The highest BCUT2D eigenvalue weighted by atomic mass is 79.9. The molecule has 0 amide bonds. The fraction of sp³-hybridized carbons (Fsp3) is 0.875. The molecule has 1 heteroatoms. The zero-order valence-corrected chi connectivity index (χ0v) is 7.95. The third-order valence-corrected chi connectivity index (χ3v) is 2.38. The Morgan fingerprint density at radius 3 is 2.56 bits per heavy atom. The average molecular weight is 192 g/mol. The molecule has 55 valence electrons. The molecule has 0 nitrogen and oxygen atoms in total. The van der Waals surface area contributed by atoms with E-state index in [1.807, 2.05) is 0 Å². The van der Waals surface area contributed by atoms with Gasteiger partial charge in [-0.2, -0.15) is 0 Å². The molecule has 1 unspecified atom stereocenters. The van der Waals surface area contributed by atoms with Crippen LogP contribution in [0.3, 0.4) is 0 Å². The van der Waals surface area contributed by atoms with Crippen molar-refractivity contribution in [2.24, 2.45) is 5.92 Å². The number of unbranched alkanes of at least 4 members (excludes halogenated alkanes) is 2. The summed E-state index contributed by atoms with van der Waals surface area (Å²) in [5.74, 6) is 0.747. The third kappa shape index (κ3) is 6.36. The topological polar surface area (TPSA) is 0 Å². The molecule has 0 aliphatic carbocycles. The van der Waals surface area contributed by atoms with E-state index < -0.39 is 0 Å². The maximum Gasteiger partial charge on any atom is 0.0299 e. The first-order valence-electron chi connectivity index (χ1n) is 3.74. The molecule has 0 rings (SSSR count). The van der Waals surface area contributed by atoms with E-state index in [0.717, 1.165) is 5.92 Å². The minimum atomic E-state index is 0.747. The van der Waals surface area contributed by atoms with Crippen LogP contribution in [0.5, 0.6) is 0 Å². The zero-order valence-electron chi connectivity index (χ0n) is 6.36. The van der Waals surface area contributed by atoms with Crippen molar-refractivity contribution in [3.05, 3.63) is 5.33 Å². The van der Waals surface area contributed by atoms with Crippen LogP contribution in [0.1, 0.15) is 39.5 Å². The first kappa shape index (κ1) is 9.48. The molecule has 0 saturated heterocycles. The summed E-state index contributed by atoms with van der Waals surface area (Å²) in [4.78, 5) is 0. The average Bonchev–Trinajstić information content (AvgIpc) is 1.89. The molecular formula is C8H16Br. The standard InChI is InChI=1S/C8H16Br/c1-3-4-5-6-8(2)7-9/h7-8H,3-6H2,1-2H3. The molecule has 0 aromatic carbocycles. The lowest BCUT2D eigenvalue weighted by Gasteiger charge is -2.04. The molecule has 1 radical (unpaired) electrons. The first-order valence-corrected chi connectivity index (χ1v) is 4.66. The van der Waals surface area contributed by atoms with Crippen molar-refractivity contribution in [3.63, 3.8) is 0 Å². The molecule has 9 heavy (non-hydrogen) atoms. The van der Waals surface area contributed by atoms with Crippen LogP contribution in [0.25, 0.3) is 0 Å². The largest absolute Gasteiger partial charge is 0.0876 e. The SMILES string of the molecule is CCCCCC(C)[CH]Br. The van der Waals surface area contributed by atoms with Gasteiger partial charge in [-0.05, 0) is 12.3 Å². The van der Waals surface area contributed by atoms with Crippen LogP contribution in [0.15, 0.2) is 0 Å². The summed E-state index contributed by atoms with van der Waals surface area (Å²) in [6.07, 6.45) is 5.42. The van der Waals surface area contributed by atoms with Gasteiger partial charge < -0.3 is 0 Å².